The number of terminal acetylenes is 1. The third kappa shape index (κ3) is 1.47. The molecule has 1 aliphatic rings. The second-order valence-corrected chi connectivity index (χ2v) is 3.28. The van der Waals surface area contributed by atoms with E-state index in [2.05, 4.69) is 10.9 Å². The minimum Gasteiger partial charge on any atom is -0.310 e. The van der Waals surface area contributed by atoms with Crippen molar-refractivity contribution in [2.24, 2.45) is 5.92 Å². The number of hydrogen-bond donors (Lipinski definition) is 0. The van der Waals surface area contributed by atoms with Crippen LogP contribution in [0.1, 0.15) is 6.42 Å². The minimum atomic E-state index is 0.0442. The number of pyridine rings is 1. The lowest BCUT2D eigenvalue weighted by Gasteiger charge is -2.14. The van der Waals surface area contributed by atoms with Crippen LogP contribution < -0.4 is 4.90 Å². The highest BCUT2D eigenvalue weighted by molar-refractivity contribution is 5.95. The van der Waals surface area contributed by atoms with Crippen LogP contribution in [-0.4, -0.2) is 17.4 Å². The Balaban J connectivity index is 2.22. The normalized spacial score (nSPS) is 20.9. The standard InChI is InChI=1S/C11H10N2O/c1-2-9-6-11(14)13(8-9)10-4-3-5-12-7-10/h1,3-5,7,9H,6,8H2. The molecule has 1 aliphatic heterocycles. The van der Waals surface area contributed by atoms with Gasteiger partial charge in [0.25, 0.3) is 0 Å². The second kappa shape index (κ2) is 3.51. The molecule has 2 heterocycles. The predicted octanol–water partition coefficient (Wildman–Crippen LogP) is 1.07. The molecule has 0 spiro atoms. The van der Waals surface area contributed by atoms with Crippen molar-refractivity contribution in [2.45, 2.75) is 6.42 Å². The monoisotopic (exact) mass is 186 g/mol. The summed E-state index contributed by atoms with van der Waals surface area (Å²) < 4.78 is 0. The maximum atomic E-state index is 11.5. The van der Waals surface area contributed by atoms with Gasteiger partial charge in [-0.05, 0) is 12.1 Å². The summed E-state index contributed by atoms with van der Waals surface area (Å²) in [5.74, 6) is 2.74. The summed E-state index contributed by atoms with van der Waals surface area (Å²) in [5.41, 5.74) is 0.829. The van der Waals surface area contributed by atoms with Gasteiger partial charge in [-0.2, -0.15) is 0 Å². The lowest BCUT2D eigenvalue weighted by atomic mass is 10.1. The summed E-state index contributed by atoms with van der Waals surface area (Å²) in [7, 11) is 0. The van der Waals surface area contributed by atoms with Gasteiger partial charge in [0, 0.05) is 25.1 Å². The summed E-state index contributed by atoms with van der Waals surface area (Å²) in [6.45, 7) is 0.612. The molecular weight excluding hydrogens is 176 g/mol. The number of aromatic nitrogens is 1. The minimum absolute atomic E-state index is 0.0442. The molecule has 2 rings (SSSR count). The van der Waals surface area contributed by atoms with Crippen LogP contribution in [0.15, 0.2) is 24.5 Å². The van der Waals surface area contributed by atoms with Crippen LogP contribution in [0, 0.1) is 18.3 Å². The van der Waals surface area contributed by atoms with Gasteiger partial charge in [-0.15, -0.1) is 12.3 Å². The molecule has 70 valence electrons. The summed E-state index contributed by atoms with van der Waals surface area (Å²) in [4.78, 5) is 17.2. The molecule has 1 unspecified atom stereocenters. The van der Waals surface area contributed by atoms with Crippen molar-refractivity contribution in [3.8, 4) is 12.3 Å². The van der Waals surface area contributed by atoms with Gasteiger partial charge in [0.15, 0.2) is 0 Å². The van der Waals surface area contributed by atoms with E-state index in [0.29, 0.717) is 13.0 Å². The maximum Gasteiger partial charge on any atom is 0.228 e. The zero-order valence-electron chi connectivity index (χ0n) is 7.68. The van der Waals surface area contributed by atoms with Gasteiger partial charge in [-0.3, -0.25) is 9.78 Å². The van der Waals surface area contributed by atoms with Gasteiger partial charge in [-0.1, -0.05) is 0 Å². The van der Waals surface area contributed by atoms with Crippen molar-refractivity contribution in [2.75, 3.05) is 11.4 Å². The van der Waals surface area contributed by atoms with Crippen LogP contribution >= 0.6 is 0 Å². The second-order valence-electron chi connectivity index (χ2n) is 3.28. The third-order valence-corrected chi connectivity index (χ3v) is 2.32. The molecule has 0 N–H and O–H groups in total. The predicted molar refractivity (Wildman–Crippen MR) is 53.5 cm³/mol. The highest BCUT2D eigenvalue weighted by atomic mass is 16.2. The molecule has 3 nitrogen and oxygen atoms in total. The van der Waals surface area contributed by atoms with E-state index < -0.39 is 0 Å². The fourth-order valence-electron chi connectivity index (χ4n) is 1.58. The summed E-state index contributed by atoms with van der Waals surface area (Å²) in [5, 5.41) is 0. The molecule has 1 amide bonds. The van der Waals surface area contributed by atoms with Crippen LogP contribution in [0.25, 0.3) is 0 Å². The maximum absolute atomic E-state index is 11.5. The SMILES string of the molecule is C#CC1CC(=O)N(c2cccnc2)C1. The Morgan fingerprint density at radius 3 is 3.07 bits per heavy atom. The van der Waals surface area contributed by atoms with E-state index in [1.165, 1.54) is 0 Å². The van der Waals surface area contributed by atoms with Crippen molar-refractivity contribution in [3.05, 3.63) is 24.5 Å². The molecule has 0 radical (unpaired) electrons. The summed E-state index contributed by atoms with van der Waals surface area (Å²) in [6, 6.07) is 3.68. The molecule has 1 atom stereocenters. The van der Waals surface area contributed by atoms with E-state index in [0.717, 1.165) is 5.69 Å². The molecular formula is C11H10N2O. The Hall–Kier alpha value is -1.82. The Morgan fingerprint density at radius 2 is 2.50 bits per heavy atom. The zero-order valence-corrected chi connectivity index (χ0v) is 7.68. The average molecular weight is 186 g/mol. The van der Waals surface area contributed by atoms with Crippen LogP contribution in [0.2, 0.25) is 0 Å². The molecule has 1 aromatic heterocycles. The number of carbonyl (C=O) groups excluding carboxylic acids is 1. The van der Waals surface area contributed by atoms with Crippen molar-refractivity contribution in [1.82, 2.24) is 4.98 Å². The number of rotatable bonds is 1. The zero-order chi connectivity index (χ0) is 9.97. The largest absolute Gasteiger partial charge is 0.310 e. The van der Waals surface area contributed by atoms with E-state index >= 15 is 0 Å². The van der Waals surface area contributed by atoms with Gasteiger partial charge < -0.3 is 4.90 Å². The van der Waals surface area contributed by atoms with Crippen molar-refractivity contribution in [1.29, 1.82) is 0 Å². The Kier molecular flexibility index (Phi) is 2.19. The van der Waals surface area contributed by atoms with Gasteiger partial charge >= 0.3 is 0 Å². The summed E-state index contributed by atoms with van der Waals surface area (Å²) in [6.07, 6.45) is 9.10. The number of hydrogen-bond acceptors (Lipinski definition) is 2. The van der Waals surface area contributed by atoms with E-state index in [9.17, 15) is 4.79 Å². The van der Waals surface area contributed by atoms with Crippen LogP contribution in [-0.2, 0) is 4.79 Å². The van der Waals surface area contributed by atoms with E-state index in [1.54, 1.807) is 17.3 Å². The van der Waals surface area contributed by atoms with Crippen molar-refractivity contribution < 1.29 is 4.79 Å². The highest BCUT2D eigenvalue weighted by Crippen LogP contribution is 2.23. The van der Waals surface area contributed by atoms with Gasteiger partial charge in [0.2, 0.25) is 5.91 Å². The molecule has 0 saturated carbocycles. The average Bonchev–Trinajstić information content (AvgIpc) is 2.61. The lowest BCUT2D eigenvalue weighted by Crippen LogP contribution is -2.24. The van der Waals surface area contributed by atoms with E-state index in [4.69, 9.17) is 6.42 Å². The smallest absolute Gasteiger partial charge is 0.228 e. The van der Waals surface area contributed by atoms with Crippen LogP contribution in [0.5, 0.6) is 0 Å². The number of amides is 1. The first-order chi connectivity index (χ1) is 6.81. The molecule has 0 bridgehead atoms. The first-order valence-electron chi connectivity index (χ1n) is 4.48. The van der Waals surface area contributed by atoms with Gasteiger partial charge in [-0.25, -0.2) is 0 Å². The topological polar surface area (TPSA) is 33.2 Å². The lowest BCUT2D eigenvalue weighted by molar-refractivity contribution is -0.117. The molecule has 1 saturated heterocycles. The quantitative estimate of drug-likeness (QED) is 0.614. The van der Waals surface area contributed by atoms with Crippen molar-refractivity contribution >= 4 is 11.6 Å². The molecule has 0 aliphatic carbocycles. The molecule has 1 fully saturated rings. The summed E-state index contributed by atoms with van der Waals surface area (Å²) >= 11 is 0. The van der Waals surface area contributed by atoms with Crippen LogP contribution in [0.3, 0.4) is 0 Å². The number of anilines is 1. The Morgan fingerprint density at radius 1 is 1.64 bits per heavy atom. The fraction of sp³-hybridized carbons (Fsp3) is 0.273. The molecule has 1 aromatic rings. The molecule has 3 heteroatoms. The number of nitrogens with zero attached hydrogens (tertiary/aromatic N) is 2. The van der Waals surface area contributed by atoms with Gasteiger partial charge in [0.1, 0.15) is 0 Å². The molecule has 14 heavy (non-hydrogen) atoms. The van der Waals surface area contributed by atoms with Gasteiger partial charge in [0.05, 0.1) is 11.9 Å². The fourth-order valence-corrected chi connectivity index (χ4v) is 1.58. The first kappa shape index (κ1) is 8.76. The molecule has 0 aromatic carbocycles. The van der Waals surface area contributed by atoms with E-state index in [1.807, 2.05) is 12.1 Å². The third-order valence-electron chi connectivity index (χ3n) is 2.32. The Labute approximate surface area is 82.8 Å². The van der Waals surface area contributed by atoms with E-state index in [-0.39, 0.29) is 11.8 Å². The van der Waals surface area contributed by atoms with Crippen LogP contribution in [0.4, 0.5) is 5.69 Å². The Bertz CT molecular complexity index is 380. The first-order valence-corrected chi connectivity index (χ1v) is 4.48. The highest BCUT2D eigenvalue weighted by Gasteiger charge is 2.29. The number of carbonyl (C=O) groups is 1. The van der Waals surface area contributed by atoms with Crippen molar-refractivity contribution in [3.63, 3.8) is 0 Å².